The lowest BCUT2D eigenvalue weighted by molar-refractivity contribution is 1.20. The molecule has 2 aromatic heterocycles. The van der Waals surface area contributed by atoms with Crippen molar-refractivity contribution in [2.24, 2.45) is 0 Å². The molecule has 1 aliphatic rings. The molecule has 0 spiro atoms. The van der Waals surface area contributed by atoms with Crippen LogP contribution in [0.1, 0.15) is 0 Å². The number of nitrogens with one attached hydrogen (secondary N) is 1. The largest absolute Gasteiger partial charge is 0.354 e. The van der Waals surface area contributed by atoms with Gasteiger partial charge in [-0.05, 0) is 62.7 Å². The quantitative estimate of drug-likeness (QED) is 0.229. The summed E-state index contributed by atoms with van der Waals surface area (Å²) in [6.45, 7) is 0. The first-order valence-electron chi connectivity index (χ1n) is 13.9. The van der Waals surface area contributed by atoms with Gasteiger partial charge in [0.1, 0.15) is 0 Å². The van der Waals surface area contributed by atoms with Gasteiger partial charge in [-0.25, -0.2) is 0 Å². The van der Waals surface area contributed by atoms with Gasteiger partial charge in [0.05, 0.1) is 22.2 Å². The molecule has 2 heterocycles. The van der Waals surface area contributed by atoms with Gasteiger partial charge < -0.3 is 9.55 Å². The molecule has 2 nitrogen and oxygen atoms in total. The average molecular weight is 507 g/mol. The maximum Gasteiger partial charge on any atom is 0.0566 e. The minimum Gasteiger partial charge on any atom is -0.354 e. The van der Waals surface area contributed by atoms with Gasteiger partial charge in [-0.1, -0.05) is 103 Å². The Morgan fingerprint density at radius 2 is 1.12 bits per heavy atom. The number of nitrogens with zero attached hydrogens (tertiary/aromatic N) is 1. The maximum absolute atomic E-state index is 3.83. The maximum atomic E-state index is 3.83. The summed E-state index contributed by atoms with van der Waals surface area (Å²) in [4.78, 5) is 3.83. The molecule has 0 amide bonds. The third-order valence-electron chi connectivity index (χ3n) is 9.06. The Balaban J connectivity index is 1.36. The normalized spacial score (nSPS) is 12.5. The second kappa shape index (κ2) is 7.19. The van der Waals surface area contributed by atoms with Crippen LogP contribution in [-0.2, 0) is 0 Å². The summed E-state index contributed by atoms with van der Waals surface area (Å²) in [5, 5.41) is 10.3. The van der Waals surface area contributed by atoms with Gasteiger partial charge in [0.25, 0.3) is 0 Å². The van der Waals surface area contributed by atoms with E-state index in [1.807, 2.05) is 0 Å². The van der Waals surface area contributed by atoms with Gasteiger partial charge in [-0.15, -0.1) is 0 Å². The fourth-order valence-electron chi connectivity index (χ4n) is 7.45. The third-order valence-corrected chi connectivity index (χ3v) is 9.06. The number of benzene rings is 7. The van der Waals surface area contributed by atoms with E-state index >= 15 is 0 Å². The van der Waals surface area contributed by atoms with Crippen LogP contribution >= 0.6 is 0 Å². The Morgan fingerprint density at radius 1 is 0.400 bits per heavy atom. The second-order valence-corrected chi connectivity index (χ2v) is 11.0. The van der Waals surface area contributed by atoms with Crippen LogP contribution in [0.15, 0.2) is 127 Å². The fraction of sp³-hybridized carbons (Fsp3) is 0. The van der Waals surface area contributed by atoms with Crippen LogP contribution in [0.2, 0.25) is 0 Å². The van der Waals surface area contributed by atoms with E-state index in [4.69, 9.17) is 0 Å². The summed E-state index contributed by atoms with van der Waals surface area (Å²) < 4.78 is 2.47. The van der Waals surface area contributed by atoms with Crippen molar-refractivity contribution >= 4 is 65.2 Å². The molecule has 10 rings (SSSR count). The molecule has 0 atom stereocenters. The van der Waals surface area contributed by atoms with E-state index in [1.54, 1.807) is 0 Å². The zero-order valence-corrected chi connectivity index (χ0v) is 21.6. The van der Waals surface area contributed by atoms with Crippen molar-refractivity contribution in [1.82, 2.24) is 9.55 Å². The molecule has 9 aromatic rings. The summed E-state index contributed by atoms with van der Waals surface area (Å²) in [6, 6.07) is 46.8. The smallest absolute Gasteiger partial charge is 0.0566 e. The van der Waals surface area contributed by atoms with Gasteiger partial charge in [0.15, 0.2) is 0 Å². The summed E-state index contributed by atoms with van der Waals surface area (Å²) in [6.07, 6.45) is 0. The number of fused-ring (bicyclic) bond motifs is 12. The Hall–Kier alpha value is -5.34. The molecule has 184 valence electrons. The fourth-order valence-corrected chi connectivity index (χ4v) is 7.45. The van der Waals surface area contributed by atoms with Crippen molar-refractivity contribution in [2.45, 2.75) is 0 Å². The van der Waals surface area contributed by atoms with E-state index in [-0.39, 0.29) is 0 Å². The van der Waals surface area contributed by atoms with Crippen LogP contribution < -0.4 is 0 Å². The molecule has 40 heavy (non-hydrogen) atoms. The number of H-pyrrole nitrogens is 1. The highest BCUT2D eigenvalue weighted by atomic mass is 15.0. The van der Waals surface area contributed by atoms with Crippen LogP contribution in [0.3, 0.4) is 0 Å². The molecular weight excluding hydrogens is 484 g/mol. The van der Waals surface area contributed by atoms with E-state index in [0.29, 0.717) is 0 Å². The van der Waals surface area contributed by atoms with Gasteiger partial charge in [-0.3, -0.25) is 0 Å². The topological polar surface area (TPSA) is 20.7 Å². The van der Waals surface area contributed by atoms with Crippen molar-refractivity contribution in [2.75, 3.05) is 0 Å². The SMILES string of the molecule is c1ccc2c(c1)-c1cccc3c(-n4c5ccccc5c5c6[nH]c7ccc8ccccc8c7c6ccc54)ccc-2c13. The summed E-state index contributed by atoms with van der Waals surface area (Å²) >= 11 is 0. The van der Waals surface area contributed by atoms with Crippen molar-refractivity contribution in [3.05, 3.63) is 127 Å². The molecule has 1 aliphatic carbocycles. The van der Waals surface area contributed by atoms with Crippen LogP contribution in [0, 0.1) is 0 Å². The first kappa shape index (κ1) is 20.6. The lowest BCUT2D eigenvalue weighted by Gasteiger charge is -2.13. The molecule has 0 fully saturated rings. The molecule has 2 heteroatoms. The molecule has 0 radical (unpaired) electrons. The van der Waals surface area contributed by atoms with Crippen molar-refractivity contribution in [3.63, 3.8) is 0 Å². The first-order chi connectivity index (χ1) is 19.9. The predicted molar refractivity (Wildman–Crippen MR) is 170 cm³/mol. The Labute approximate surface area is 229 Å². The number of para-hydroxylation sites is 1. The highest BCUT2D eigenvalue weighted by Crippen LogP contribution is 2.49. The molecule has 0 bridgehead atoms. The average Bonchev–Trinajstić information content (AvgIpc) is 3.67. The lowest BCUT2D eigenvalue weighted by Crippen LogP contribution is -1.95. The van der Waals surface area contributed by atoms with Crippen molar-refractivity contribution in [1.29, 1.82) is 0 Å². The van der Waals surface area contributed by atoms with E-state index in [2.05, 4.69) is 137 Å². The molecule has 7 aromatic carbocycles. The minimum absolute atomic E-state index is 1.18. The van der Waals surface area contributed by atoms with Crippen LogP contribution in [0.4, 0.5) is 0 Å². The Kier molecular flexibility index (Phi) is 3.70. The number of hydrogen-bond acceptors (Lipinski definition) is 0. The van der Waals surface area contributed by atoms with E-state index < -0.39 is 0 Å². The van der Waals surface area contributed by atoms with Gasteiger partial charge in [0, 0.05) is 32.4 Å². The van der Waals surface area contributed by atoms with E-state index in [0.717, 1.165) is 0 Å². The monoisotopic (exact) mass is 506 g/mol. The van der Waals surface area contributed by atoms with Crippen molar-refractivity contribution < 1.29 is 0 Å². The summed E-state index contributed by atoms with van der Waals surface area (Å²) in [5.74, 6) is 0. The first-order valence-corrected chi connectivity index (χ1v) is 13.9. The lowest BCUT2D eigenvalue weighted by atomic mass is 10.0. The highest BCUT2D eigenvalue weighted by Gasteiger charge is 2.24. The molecule has 1 N–H and O–H groups in total. The van der Waals surface area contributed by atoms with Crippen LogP contribution in [0.5, 0.6) is 0 Å². The third kappa shape index (κ3) is 2.41. The molecule has 0 unspecified atom stereocenters. The van der Waals surface area contributed by atoms with Crippen LogP contribution in [-0.4, -0.2) is 9.55 Å². The number of hydrogen-bond donors (Lipinski definition) is 1. The standard InChI is InChI=1S/C38H22N2/c1-2-9-23-22(8-1)16-19-31-36(23)30-18-21-34-37(38(30)39-31)29-12-5-6-15-32(29)40(34)33-20-17-27-25-11-4-3-10-24(25)26-13-7-14-28(33)35(26)27/h1-21,39H. The predicted octanol–water partition coefficient (Wildman–Crippen LogP) is 10.4. The van der Waals surface area contributed by atoms with Gasteiger partial charge in [-0.2, -0.15) is 0 Å². The minimum atomic E-state index is 1.18. The number of aromatic nitrogens is 2. The highest BCUT2D eigenvalue weighted by molar-refractivity contribution is 6.29. The second-order valence-electron chi connectivity index (χ2n) is 11.0. The number of rotatable bonds is 1. The number of aromatic amines is 1. The van der Waals surface area contributed by atoms with E-state index in [9.17, 15) is 0 Å². The molecule has 0 saturated carbocycles. The Bertz CT molecular complexity index is 2510. The molecule has 0 saturated heterocycles. The van der Waals surface area contributed by atoms with Gasteiger partial charge >= 0.3 is 0 Å². The molecule has 0 aliphatic heterocycles. The molecular formula is C38H22N2. The van der Waals surface area contributed by atoms with Crippen LogP contribution in [0.25, 0.3) is 93.1 Å². The van der Waals surface area contributed by atoms with Gasteiger partial charge in [0.2, 0.25) is 0 Å². The summed E-state index contributed by atoms with van der Waals surface area (Å²) in [7, 11) is 0. The summed E-state index contributed by atoms with van der Waals surface area (Å²) in [5.41, 5.74) is 11.4. The van der Waals surface area contributed by atoms with Crippen molar-refractivity contribution in [3.8, 4) is 27.9 Å². The zero-order chi connectivity index (χ0) is 25.9. The van der Waals surface area contributed by atoms with E-state index in [1.165, 1.54) is 93.1 Å². The Morgan fingerprint density at radius 3 is 2.02 bits per heavy atom. The zero-order valence-electron chi connectivity index (χ0n) is 21.6.